The number of hydrogen-bond donors (Lipinski definition) is 0. The van der Waals surface area contributed by atoms with E-state index in [1.54, 1.807) is 19.2 Å². The maximum atomic E-state index is 13.5. The summed E-state index contributed by atoms with van der Waals surface area (Å²) in [5.74, 6) is 0.342. The normalized spacial score (nSPS) is 18.1. The van der Waals surface area contributed by atoms with Crippen LogP contribution in [0.1, 0.15) is 44.1 Å². The highest BCUT2D eigenvalue weighted by Gasteiger charge is 2.43. The summed E-state index contributed by atoms with van der Waals surface area (Å²) in [4.78, 5) is 29.9. The van der Waals surface area contributed by atoms with Crippen molar-refractivity contribution in [1.82, 2.24) is 4.90 Å². The molecule has 1 saturated carbocycles. The summed E-state index contributed by atoms with van der Waals surface area (Å²) in [6, 6.07) is 14.6. The van der Waals surface area contributed by atoms with Crippen molar-refractivity contribution in [2.24, 2.45) is 0 Å². The smallest absolute Gasteiger partial charge is 0.268 e. The van der Waals surface area contributed by atoms with Gasteiger partial charge in [0.2, 0.25) is 0 Å². The number of amides is 2. The average Bonchev–Trinajstić information content (AvgIpc) is 2.93. The lowest BCUT2D eigenvalue weighted by molar-refractivity contribution is -0.139. The molecule has 1 aliphatic heterocycles. The molecule has 1 heterocycles. The van der Waals surface area contributed by atoms with Crippen molar-refractivity contribution in [2.45, 2.75) is 49.5 Å². The van der Waals surface area contributed by atoms with Gasteiger partial charge in [-0.2, -0.15) is 0 Å². The van der Waals surface area contributed by atoms with Crippen LogP contribution < -0.4 is 4.74 Å². The second kappa shape index (κ2) is 9.27. The van der Waals surface area contributed by atoms with E-state index in [1.165, 1.54) is 16.7 Å². The van der Waals surface area contributed by atoms with Gasteiger partial charge in [0.1, 0.15) is 5.75 Å². The highest BCUT2D eigenvalue weighted by molar-refractivity contribution is 8.04. The van der Waals surface area contributed by atoms with E-state index in [4.69, 9.17) is 16.3 Å². The van der Waals surface area contributed by atoms with Gasteiger partial charge in [-0.05, 0) is 54.8 Å². The van der Waals surface area contributed by atoms with Crippen molar-refractivity contribution in [2.75, 3.05) is 7.11 Å². The Bertz CT molecular complexity index is 961. The summed E-state index contributed by atoms with van der Waals surface area (Å²) in [6.45, 7) is 0. The van der Waals surface area contributed by atoms with Crippen LogP contribution in [0.5, 0.6) is 5.75 Å². The fourth-order valence-corrected chi connectivity index (χ4v) is 5.23. The zero-order valence-corrected chi connectivity index (χ0v) is 18.5. The van der Waals surface area contributed by atoms with E-state index in [-0.39, 0.29) is 17.9 Å². The molecule has 0 spiro atoms. The Hall–Kier alpha value is -2.24. The highest BCUT2D eigenvalue weighted by atomic mass is 35.5. The molecule has 4 nitrogen and oxygen atoms in total. The van der Waals surface area contributed by atoms with Gasteiger partial charge in [0.25, 0.3) is 11.8 Å². The molecule has 0 saturated heterocycles. The first kappa shape index (κ1) is 21.0. The van der Waals surface area contributed by atoms with Gasteiger partial charge >= 0.3 is 0 Å². The van der Waals surface area contributed by atoms with Crippen molar-refractivity contribution < 1.29 is 14.3 Å². The minimum Gasteiger partial charge on any atom is -0.497 e. The zero-order valence-electron chi connectivity index (χ0n) is 16.9. The number of methoxy groups -OCH3 is 1. The topological polar surface area (TPSA) is 46.6 Å². The molecular formula is C24H24ClNO3S. The van der Waals surface area contributed by atoms with E-state index in [1.807, 2.05) is 36.4 Å². The van der Waals surface area contributed by atoms with Crippen LogP contribution in [-0.2, 0) is 9.59 Å². The first-order valence-corrected chi connectivity index (χ1v) is 11.5. The van der Waals surface area contributed by atoms with Crippen molar-refractivity contribution >= 4 is 40.8 Å². The van der Waals surface area contributed by atoms with Crippen LogP contribution in [0, 0.1) is 0 Å². The molecule has 0 N–H and O–H groups in total. The van der Waals surface area contributed by atoms with E-state index in [0.29, 0.717) is 21.3 Å². The Morgan fingerprint density at radius 2 is 1.53 bits per heavy atom. The second-order valence-corrected chi connectivity index (χ2v) is 9.13. The Morgan fingerprint density at radius 3 is 2.13 bits per heavy atom. The first-order chi connectivity index (χ1) is 14.6. The number of ether oxygens (including phenoxy) is 1. The summed E-state index contributed by atoms with van der Waals surface area (Å²) < 4.78 is 5.25. The minimum absolute atomic E-state index is 0.0240. The molecule has 30 heavy (non-hydrogen) atoms. The monoisotopic (exact) mass is 441 g/mol. The highest BCUT2D eigenvalue weighted by Crippen LogP contribution is 2.42. The van der Waals surface area contributed by atoms with Crippen LogP contribution in [0.25, 0.3) is 5.57 Å². The van der Waals surface area contributed by atoms with Crippen LogP contribution >= 0.6 is 23.4 Å². The number of halogens is 1. The molecular weight excluding hydrogens is 418 g/mol. The largest absolute Gasteiger partial charge is 0.497 e. The van der Waals surface area contributed by atoms with E-state index in [2.05, 4.69) is 0 Å². The van der Waals surface area contributed by atoms with E-state index >= 15 is 0 Å². The van der Waals surface area contributed by atoms with Gasteiger partial charge in [0.15, 0.2) is 0 Å². The number of thioether (sulfide) groups is 1. The van der Waals surface area contributed by atoms with Gasteiger partial charge in [-0.1, -0.05) is 61.2 Å². The number of imide groups is 1. The second-order valence-electron chi connectivity index (χ2n) is 7.61. The lowest BCUT2D eigenvalue weighted by atomic mass is 10.0. The van der Waals surface area contributed by atoms with Gasteiger partial charge in [-0.15, -0.1) is 0 Å². The molecule has 6 heteroatoms. The maximum absolute atomic E-state index is 13.5. The predicted octanol–water partition coefficient (Wildman–Crippen LogP) is 5.94. The molecule has 0 atom stereocenters. The Labute approximate surface area is 186 Å². The van der Waals surface area contributed by atoms with Crippen LogP contribution in [0.15, 0.2) is 58.3 Å². The molecule has 0 unspecified atom stereocenters. The van der Waals surface area contributed by atoms with Gasteiger partial charge in [0, 0.05) is 16.0 Å². The third-order valence-electron chi connectivity index (χ3n) is 5.67. The van der Waals surface area contributed by atoms with E-state index in [9.17, 15) is 9.59 Å². The number of hydrogen-bond acceptors (Lipinski definition) is 4. The zero-order chi connectivity index (χ0) is 21.1. The third-order valence-corrected chi connectivity index (χ3v) is 7.02. The lowest BCUT2D eigenvalue weighted by Gasteiger charge is -2.25. The fourth-order valence-electron chi connectivity index (χ4n) is 4.10. The van der Waals surface area contributed by atoms with Crippen LogP contribution in [0.3, 0.4) is 0 Å². The van der Waals surface area contributed by atoms with Gasteiger partial charge < -0.3 is 4.74 Å². The molecule has 0 aromatic heterocycles. The Balaban J connectivity index is 1.73. The summed E-state index contributed by atoms with van der Waals surface area (Å²) in [5.41, 5.74) is 1.22. The number of carbonyl (C=O) groups excluding carboxylic acids is 2. The molecule has 1 fully saturated rings. The number of carbonyl (C=O) groups is 2. The van der Waals surface area contributed by atoms with Crippen molar-refractivity contribution in [3.05, 3.63) is 64.0 Å². The quantitative estimate of drug-likeness (QED) is 0.425. The molecule has 2 aromatic carbocycles. The maximum Gasteiger partial charge on any atom is 0.268 e. The molecule has 1 aliphatic carbocycles. The van der Waals surface area contributed by atoms with Gasteiger partial charge in [-0.3, -0.25) is 14.5 Å². The first-order valence-electron chi connectivity index (χ1n) is 10.3. The summed E-state index contributed by atoms with van der Waals surface area (Å²) in [7, 11) is 1.61. The van der Waals surface area contributed by atoms with Crippen molar-refractivity contribution in [3.63, 3.8) is 0 Å². The third kappa shape index (κ3) is 4.28. The number of rotatable bonds is 5. The number of benzene rings is 2. The van der Waals surface area contributed by atoms with Crippen LogP contribution in [-0.4, -0.2) is 29.9 Å². The van der Waals surface area contributed by atoms with Crippen molar-refractivity contribution in [1.29, 1.82) is 0 Å². The summed E-state index contributed by atoms with van der Waals surface area (Å²) in [6.07, 6.45) is 6.20. The summed E-state index contributed by atoms with van der Waals surface area (Å²) >= 11 is 7.35. The Kier molecular flexibility index (Phi) is 6.49. The average molecular weight is 442 g/mol. The molecule has 2 aromatic rings. The van der Waals surface area contributed by atoms with Crippen molar-refractivity contribution in [3.8, 4) is 5.75 Å². The van der Waals surface area contributed by atoms with Crippen LogP contribution in [0.4, 0.5) is 0 Å². The van der Waals surface area contributed by atoms with Crippen LogP contribution in [0.2, 0.25) is 5.02 Å². The standard InChI is InChI=1S/C24H24ClNO3S/c1-29-19-12-8-16(9-13-19)21-22(30-20-14-10-17(25)11-15-20)24(28)26(23(21)27)18-6-4-2-3-5-7-18/h8-15,18H,2-7H2,1H3. The molecule has 0 radical (unpaired) electrons. The molecule has 0 bridgehead atoms. The lowest BCUT2D eigenvalue weighted by Crippen LogP contribution is -2.40. The molecule has 2 aliphatic rings. The Morgan fingerprint density at radius 1 is 0.900 bits per heavy atom. The molecule has 2 amide bonds. The predicted molar refractivity (Wildman–Crippen MR) is 121 cm³/mol. The minimum atomic E-state index is -0.187. The fraction of sp³-hybridized carbons (Fsp3) is 0.333. The molecule has 156 valence electrons. The van der Waals surface area contributed by atoms with Gasteiger partial charge in [0.05, 0.1) is 17.6 Å². The number of nitrogens with zero attached hydrogens (tertiary/aromatic N) is 1. The SMILES string of the molecule is COc1ccc(C2=C(Sc3ccc(Cl)cc3)C(=O)N(C3CCCCCC3)C2=O)cc1. The van der Waals surface area contributed by atoms with E-state index in [0.717, 1.165) is 49.0 Å². The molecule has 4 rings (SSSR count). The van der Waals surface area contributed by atoms with E-state index < -0.39 is 0 Å². The van der Waals surface area contributed by atoms with Gasteiger partial charge in [-0.25, -0.2) is 0 Å². The summed E-state index contributed by atoms with van der Waals surface area (Å²) in [5, 5.41) is 0.637.